The van der Waals surface area contributed by atoms with E-state index in [9.17, 15) is 9.90 Å². The molecule has 0 aliphatic rings. The lowest BCUT2D eigenvalue weighted by Gasteiger charge is -2.08. The first-order valence-corrected chi connectivity index (χ1v) is 4.80. The second-order valence-corrected chi connectivity index (χ2v) is 3.38. The van der Waals surface area contributed by atoms with Crippen LogP contribution in [0.25, 0.3) is 5.69 Å². The Morgan fingerprint density at radius 2 is 2.24 bits per heavy atom. The molecule has 0 aromatic carbocycles. The Morgan fingerprint density at radius 1 is 1.47 bits per heavy atom. The van der Waals surface area contributed by atoms with Crippen LogP contribution < -0.4 is 11.3 Å². The molecule has 0 aliphatic heterocycles. The number of nitrogens with two attached hydrogens (primary N) is 1. The summed E-state index contributed by atoms with van der Waals surface area (Å²) in [6.45, 7) is 0. The number of nitrogens with one attached hydrogen (secondary N) is 1. The molecule has 0 amide bonds. The van der Waals surface area contributed by atoms with Crippen LogP contribution in [0.2, 0.25) is 0 Å². The number of nitrogen functional groups attached to an aromatic ring is 1. The molecule has 0 saturated carbocycles. The van der Waals surface area contributed by atoms with Crippen LogP contribution in [0.3, 0.4) is 0 Å². The number of aromatic nitrogens is 2. The summed E-state index contributed by atoms with van der Waals surface area (Å²) in [6, 6.07) is 4.68. The number of pyridine rings is 2. The van der Waals surface area contributed by atoms with E-state index in [-0.39, 0.29) is 11.3 Å². The van der Waals surface area contributed by atoms with Crippen molar-refractivity contribution in [3.63, 3.8) is 0 Å². The molecular formula is C11H10N4O2. The van der Waals surface area contributed by atoms with Crippen molar-refractivity contribution in [2.45, 2.75) is 0 Å². The number of hydrogen-bond acceptors (Lipinski definition) is 4. The molecule has 0 unspecified atom stereocenters. The fourth-order valence-corrected chi connectivity index (χ4v) is 1.48. The van der Waals surface area contributed by atoms with E-state index in [1.165, 1.54) is 23.0 Å². The molecule has 2 aromatic rings. The molecule has 6 heteroatoms. The highest BCUT2D eigenvalue weighted by atomic mass is 16.3. The van der Waals surface area contributed by atoms with Crippen LogP contribution >= 0.6 is 0 Å². The van der Waals surface area contributed by atoms with Crippen molar-refractivity contribution in [2.24, 2.45) is 5.73 Å². The first-order chi connectivity index (χ1) is 8.11. The maximum atomic E-state index is 12.0. The Morgan fingerprint density at radius 3 is 2.82 bits per heavy atom. The molecule has 0 radical (unpaired) electrons. The SMILES string of the molecule is N=C(N)c1c(O)ccn(-c2cccnc2)c1=O. The third-order valence-electron chi connectivity index (χ3n) is 2.26. The molecule has 0 bridgehead atoms. The normalized spacial score (nSPS) is 10.1. The van der Waals surface area contributed by atoms with Crippen molar-refractivity contribution in [3.05, 3.63) is 52.7 Å². The van der Waals surface area contributed by atoms with Crippen molar-refractivity contribution in [2.75, 3.05) is 0 Å². The van der Waals surface area contributed by atoms with Crippen LogP contribution in [0, 0.1) is 5.41 Å². The molecule has 86 valence electrons. The Hall–Kier alpha value is -2.63. The Bertz CT molecular complexity index is 619. The smallest absolute Gasteiger partial charge is 0.269 e. The van der Waals surface area contributed by atoms with E-state index in [1.54, 1.807) is 18.3 Å². The second-order valence-electron chi connectivity index (χ2n) is 3.38. The van der Waals surface area contributed by atoms with Gasteiger partial charge < -0.3 is 10.8 Å². The summed E-state index contributed by atoms with van der Waals surface area (Å²) in [7, 11) is 0. The number of rotatable bonds is 2. The molecule has 6 nitrogen and oxygen atoms in total. The quantitative estimate of drug-likeness (QED) is 0.507. The molecule has 0 aliphatic carbocycles. The summed E-state index contributed by atoms with van der Waals surface area (Å²) in [4.78, 5) is 15.9. The maximum absolute atomic E-state index is 12.0. The van der Waals surface area contributed by atoms with Crippen molar-refractivity contribution in [1.82, 2.24) is 9.55 Å². The first-order valence-electron chi connectivity index (χ1n) is 4.80. The summed E-state index contributed by atoms with van der Waals surface area (Å²) in [6.07, 6.45) is 4.49. The van der Waals surface area contributed by atoms with Gasteiger partial charge in [0.15, 0.2) is 0 Å². The lowest BCUT2D eigenvalue weighted by Crippen LogP contribution is -2.28. The third kappa shape index (κ3) is 1.87. The molecule has 0 atom stereocenters. The minimum absolute atomic E-state index is 0.212. The molecule has 0 spiro atoms. The van der Waals surface area contributed by atoms with Crippen molar-refractivity contribution >= 4 is 5.84 Å². The number of hydrogen-bond donors (Lipinski definition) is 3. The zero-order valence-corrected chi connectivity index (χ0v) is 8.79. The number of amidine groups is 1. The summed E-state index contributed by atoms with van der Waals surface area (Å²) >= 11 is 0. The van der Waals surface area contributed by atoms with Crippen LogP contribution in [0.15, 0.2) is 41.6 Å². The lowest BCUT2D eigenvalue weighted by atomic mass is 10.2. The van der Waals surface area contributed by atoms with Crippen LogP contribution in [0.4, 0.5) is 0 Å². The molecule has 0 saturated heterocycles. The summed E-state index contributed by atoms with van der Waals surface area (Å²) in [5.41, 5.74) is 5.04. The first kappa shape index (κ1) is 10.9. The second kappa shape index (κ2) is 4.09. The molecule has 2 heterocycles. The van der Waals surface area contributed by atoms with E-state index < -0.39 is 11.4 Å². The van der Waals surface area contributed by atoms with Gasteiger partial charge in [0.05, 0.1) is 11.9 Å². The molecule has 2 rings (SSSR count). The predicted octanol–water partition coefficient (Wildman–Crippen LogP) is 0.222. The Kier molecular flexibility index (Phi) is 2.61. The van der Waals surface area contributed by atoms with E-state index in [1.807, 2.05) is 0 Å². The highest BCUT2D eigenvalue weighted by molar-refractivity contribution is 5.97. The Balaban J connectivity index is 2.71. The highest BCUT2D eigenvalue weighted by Crippen LogP contribution is 2.12. The zero-order chi connectivity index (χ0) is 12.4. The monoisotopic (exact) mass is 230 g/mol. The number of aromatic hydroxyl groups is 1. The van der Waals surface area contributed by atoms with E-state index in [4.69, 9.17) is 11.1 Å². The molecular weight excluding hydrogens is 220 g/mol. The van der Waals surface area contributed by atoms with Gasteiger partial charge in [-0.3, -0.25) is 19.8 Å². The minimum atomic E-state index is -0.550. The van der Waals surface area contributed by atoms with E-state index >= 15 is 0 Å². The number of nitrogens with zero attached hydrogens (tertiary/aromatic N) is 2. The molecule has 4 N–H and O–H groups in total. The average Bonchev–Trinajstić information content (AvgIpc) is 2.30. The predicted molar refractivity (Wildman–Crippen MR) is 62.5 cm³/mol. The molecule has 17 heavy (non-hydrogen) atoms. The molecule has 0 fully saturated rings. The van der Waals surface area contributed by atoms with Gasteiger partial charge in [-0.05, 0) is 18.2 Å². The van der Waals surface area contributed by atoms with Gasteiger partial charge >= 0.3 is 0 Å². The van der Waals surface area contributed by atoms with Gasteiger partial charge in [-0.2, -0.15) is 0 Å². The largest absolute Gasteiger partial charge is 0.507 e. The van der Waals surface area contributed by atoms with Crippen LogP contribution in [-0.4, -0.2) is 20.5 Å². The van der Waals surface area contributed by atoms with Gasteiger partial charge in [-0.25, -0.2) is 0 Å². The van der Waals surface area contributed by atoms with E-state index in [2.05, 4.69) is 4.98 Å². The van der Waals surface area contributed by atoms with Crippen LogP contribution in [0.1, 0.15) is 5.56 Å². The summed E-state index contributed by atoms with van der Waals surface area (Å²) < 4.78 is 1.27. The minimum Gasteiger partial charge on any atom is -0.507 e. The van der Waals surface area contributed by atoms with Gasteiger partial charge in [-0.15, -0.1) is 0 Å². The topological polar surface area (TPSA) is 105 Å². The highest BCUT2D eigenvalue weighted by Gasteiger charge is 2.12. The third-order valence-corrected chi connectivity index (χ3v) is 2.26. The van der Waals surface area contributed by atoms with Crippen molar-refractivity contribution in [1.29, 1.82) is 5.41 Å². The van der Waals surface area contributed by atoms with E-state index in [0.29, 0.717) is 5.69 Å². The van der Waals surface area contributed by atoms with Crippen LogP contribution in [0.5, 0.6) is 5.75 Å². The molecule has 2 aromatic heterocycles. The Labute approximate surface area is 96.5 Å². The van der Waals surface area contributed by atoms with E-state index in [0.717, 1.165) is 0 Å². The van der Waals surface area contributed by atoms with Crippen LogP contribution in [-0.2, 0) is 0 Å². The average molecular weight is 230 g/mol. The summed E-state index contributed by atoms with van der Waals surface area (Å²) in [5.74, 6) is -0.770. The van der Waals surface area contributed by atoms with Gasteiger partial charge in [0.1, 0.15) is 17.1 Å². The fraction of sp³-hybridized carbons (Fsp3) is 0. The van der Waals surface area contributed by atoms with Gasteiger partial charge in [-0.1, -0.05) is 0 Å². The fourth-order valence-electron chi connectivity index (χ4n) is 1.48. The summed E-state index contributed by atoms with van der Waals surface area (Å²) in [5, 5.41) is 16.7. The van der Waals surface area contributed by atoms with Crippen molar-refractivity contribution < 1.29 is 5.11 Å². The zero-order valence-electron chi connectivity index (χ0n) is 8.79. The van der Waals surface area contributed by atoms with Gasteiger partial charge in [0.2, 0.25) is 0 Å². The lowest BCUT2D eigenvalue weighted by molar-refractivity contribution is 0.471. The van der Waals surface area contributed by atoms with Crippen molar-refractivity contribution in [3.8, 4) is 11.4 Å². The maximum Gasteiger partial charge on any atom is 0.269 e. The van der Waals surface area contributed by atoms with Gasteiger partial charge in [0.25, 0.3) is 5.56 Å². The van der Waals surface area contributed by atoms with Gasteiger partial charge in [0, 0.05) is 12.4 Å². The standard InChI is InChI=1S/C11H10N4O2/c12-10(13)9-8(16)3-5-15(11(9)17)7-2-1-4-14-6-7/h1-6,16H,(H3,12,13).